The van der Waals surface area contributed by atoms with Crippen molar-refractivity contribution in [3.05, 3.63) is 0 Å². The molecule has 1 N–H and O–H groups in total. The van der Waals surface area contributed by atoms with Gasteiger partial charge in [0.25, 0.3) is 0 Å². The zero-order valence-corrected chi connectivity index (χ0v) is 8.93. The Morgan fingerprint density at radius 1 is 1.67 bits per heavy atom. The highest BCUT2D eigenvalue weighted by molar-refractivity contribution is 5.66. The molecule has 2 fully saturated rings. The zero-order chi connectivity index (χ0) is 11.1. The summed E-state index contributed by atoms with van der Waals surface area (Å²) in [6, 6.07) is 0. The lowest BCUT2D eigenvalue weighted by molar-refractivity contribution is -0.159. The van der Waals surface area contributed by atoms with Crippen LogP contribution in [-0.2, 0) is 19.0 Å². The molecule has 1 heterocycles. The Morgan fingerprint density at radius 3 is 2.93 bits per heavy atom. The van der Waals surface area contributed by atoms with Crippen LogP contribution >= 0.6 is 0 Å². The van der Waals surface area contributed by atoms with Crippen LogP contribution in [0, 0.1) is 5.92 Å². The van der Waals surface area contributed by atoms with Crippen LogP contribution in [0.2, 0.25) is 0 Å². The summed E-state index contributed by atoms with van der Waals surface area (Å²) in [5, 5.41) is 9.75. The highest BCUT2D eigenvalue weighted by Crippen LogP contribution is 2.46. The van der Waals surface area contributed by atoms with E-state index in [0.717, 1.165) is 0 Å². The molecule has 1 aliphatic heterocycles. The molecule has 4 atom stereocenters. The highest BCUT2D eigenvalue weighted by atomic mass is 16.6. The molecule has 0 amide bonds. The second kappa shape index (κ2) is 3.73. The molecule has 2 bridgehead atoms. The van der Waals surface area contributed by atoms with Crippen molar-refractivity contribution in [3.63, 3.8) is 0 Å². The predicted octanol–water partition coefficient (Wildman–Crippen LogP) is -0.286. The van der Waals surface area contributed by atoms with E-state index in [0.29, 0.717) is 13.0 Å². The summed E-state index contributed by atoms with van der Waals surface area (Å²) < 4.78 is 15.9. The van der Waals surface area contributed by atoms with Gasteiger partial charge in [0.05, 0.1) is 18.8 Å². The average Bonchev–Trinajstić information content (AvgIpc) is 2.66. The van der Waals surface area contributed by atoms with Crippen molar-refractivity contribution >= 4 is 5.97 Å². The van der Waals surface area contributed by atoms with E-state index in [2.05, 4.69) is 0 Å². The standard InChI is InChI=1S/C10H16O5/c1-6(11)14-5-10-3-8(12)7(4-15-10)9(10)13-2/h7-9,12H,3-5H2,1-2H3/t7-,8+,9+,10-/m1/s1. The summed E-state index contributed by atoms with van der Waals surface area (Å²) in [6.07, 6.45) is -0.116. The Hall–Kier alpha value is -0.650. The van der Waals surface area contributed by atoms with Gasteiger partial charge in [0.1, 0.15) is 12.2 Å². The summed E-state index contributed by atoms with van der Waals surface area (Å²) in [5.74, 6) is -0.335. The summed E-state index contributed by atoms with van der Waals surface area (Å²) in [4.78, 5) is 10.8. The number of rotatable bonds is 3. The maximum absolute atomic E-state index is 10.8. The normalized spacial score (nSPS) is 43.3. The van der Waals surface area contributed by atoms with Crippen LogP contribution in [0.4, 0.5) is 0 Å². The third kappa shape index (κ3) is 1.64. The van der Waals surface area contributed by atoms with E-state index in [1.807, 2.05) is 0 Å². The fourth-order valence-electron chi connectivity index (χ4n) is 2.61. The molecule has 2 aliphatic rings. The van der Waals surface area contributed by atoms with Crippen molar-refractivity contribution in [2.24, 2.45) is 5.92 Å². The van der Waals surface area contributed by atoms with Gasteiger partial charge in [-0.2, -0.15) is 0 Å². The van der Waals surface area contributed by atoms with Crippen LogP contribution in [0.25, 0.3) is 0 Å². The van der Waals surface area contributed by atoms with E-state index in [1.165, 1.54) is 6.92 Å². The summed E-state index contributed by atoms with van der Waals surface area (Å²) >= 11 is 0. The van der Waals surface area contributed by atoms with Gasteiger partial charge < -0.3 is 19.3 Å². The first kappa shape index (κ1) is 10.9. The van der Waals surface area contributed by atoms with Crippen LogP contribution in [-0.4, -0.2) is 49.2 Å². The number of carbonyl (C=O) groups is 1. The molecule has 1 aliphatic carbocycles. The molecule has 0 aromatic rings. The third-order valence-corrected chi connectivity index (χ3v) is 3.29. The molecule has 15 heavy (non-hydrogen) atoms. The van der Waals surface area contributed by atoms with E-state index >= 15 is 0 Å². The molecule has 2 rings (SSSR count). The molecule has 1 saturated carbocycles. The van der Waals surface area contributed by atoms with E-state index in [1.54, 1.807) is 7.11 Å². The molecule has 0 aromatic heterocycles. The van der Waals surface area contributed by atoms with E-state index in [4.69, 9.17) is 14.2 Å². The Kier molecular flexibility index (Phi) is 2.70. The van der Waals surface area contributed by atoms with Crippen molar-refractivity contribution in [3.8, 4) is 0 Å². The molecular weight excluding hydrogens is 200 g/mol. The first-order valence-corrected chi connectivity index (χ1v) is 5.07. The van der Waals surface area contributed by atoms with E-state index in [-0.39, 0.29) is 24.6 Å². The minimum atomic E-state index is -0.634. The molecule has 5 heteroatoms. The molecular formula is C10H16O5. The van der Waals surface area contributed by atoms with Gasteiger partial charge in [0.15, 0.2) is 0 Å². The van der Waals surface area contributed by atoms with Gasteiger partial charge in [0.2, 0.25) is 0 Å². The van der Waals surface area contributed by atoms with Crippen molar-refractivity contribution in [2.75, 3.05) is 20.3 Å². The third-order valence-electron chi connectivity index (χ3n) is 3.29. The molecule has 0 aromatic carbocycles. The van der Waals surface area contributed by atoms with Gasteiger partial charge in [-0.1, -0.05) is 0 Å². The van der Waals surface area contributed by atoms with Crippen LogP contribution in [0.1, 0.15) is 13.3 Å². The Bertz CT molecular complexity index is 267. The van der Waals surface area contributed by atoms with Crippen LogP contribution in [0.15, 0.2) is 0 Å². The van der Waals surface area contributed by atoms with Crippen molar-refractivity contribution < 1.29 is 24.1 Å². The average molecular weight is 216 g/mol. The topological polar surface area (TPSA) is 65.0 Å². The SMILES string of the molecule is CO[C@H]1[C@@H]2CO[C@@]1(COC(C)=O)C[C@@H]2O. The fraction of sp³-hybridized carbons (Fsp3) is 0.900. The highest BCUT2D eigenvalue weighted by Gasteiger charge is 2.60. The first-order chi connectivity index (χ1) is 7.09. The maximum atomic E-state index is 10.8. The van der Waals surface area contributed by atoms with Crippen LogP contribution < -0.4 is 0 Å². The van der Waals surface area contributed by atoms with Gasteiger partial charge in [-0.25, -0.2) is 0 Å². The number of hydrogen-bond donors (Lipinski definition) is 1. The fourth-order valence-corrected chi connectivity index (χ4v) is 2.61. The zero-order valence-electron chi connectivity index (χ0n) is 8.93. The lowest BCUT2D eigenvalue weighted by Crippen LogP contribution is -2.43. The Balaban J connectivity index is 2.08. The maximum Gasteiger partial charge on any atom is 0.302 e. The molecule has 0 spiro atoms. The van der Waals surface area contributed by atoms with Crippen molar-refractivity contribution in [2.45, 2.75) is 31.2 Å². The monoisotopic (exact) mass is 216 g/mol. The van der Waals surface area contributed by atoms with E-state index < -0.39 is 11.7 Å². The van der Waals surface area contributed by atoms with Crippen molar-refractivity contribution in [1.29, 1.82) is 0 Å². The number of ether oxygens (including phenoxy) is 3. The predicted molar refractivity (Wildman–Crippen MR) is 50.2 cm³/mol. The number of hydrogen-bond acceptors (Lipinski definition) is 5. The molecule has 0 radical (unpaired) electrons. The van der Waals surface area contributed by atoms with Gasteiger partial charge in [-0.3, -0.25) is 4.79 Å². The number of aliphatic hydroxyl groups excluding tert-OH is 1. The first-order valence-electron chi connectivity index (χ1n) is 5.07. The van der Waals surface area contributed by atoms with Gasteiger partial charge >= 0.3 is 5.97 Å². The number of esters is 1. The molecule has 5 nitrogen and oxygen atoms in total. The smallest absolute Gasteiger partial charge is 0.302 e. The Morgan fingerprint density at radius 2 is 2.40 bits per heavy atom. The van der Waals surface area contributed by atoms with Crippen LogP contribution in [0.5, 0.6) is 0 Å². The molecule has 86 valence electrons. The molecule has 0 unspecified atom stereocenters. The van der Waals surface area contributed by atoms with E-state index in [9.17, 15) is 9.90 Å². The summed E-state index contributed by atoms with van der Waals surface area (Å²) in [6.45, 7) is 1.99. The Labute approximate surface area is 88.3 Å². The largest absolute Gasteiger partial charge is 0.463 e. The number of carbonyl (C=O) groups excluding carboxylic acids is 1. The quantitative estimate of drug-likeness (QED) is 0.657. The number of fused-ring (bicyclic) bond motifs is 2. The number of aliphatic hydroxyl groups is 1. The van der Waals surface area contributed by atoms with Gasteiger partial charge in [0, 0.05) is 26.4 Å². The second-order valence-electron chi connectivity index (χ2n) is 4.25. The lowest BCUT2D eigenvalue weighted by atomic mass is 10.0. The van der Waals surface area contributed by atoms with Gasteiger partial charge in [-0.05, 0) is 0 Å². The summed E-state index contributed by atoms with van der Waals surface area (Å²) in [7, 11) is 1.59. The van der Waals surface area contributed by atoms with Crippen LogP contribution in [0.3, 0.4) is 0 Å². The van der Waals surface area contributed by atoms with Crippen molar-refractivity contribution in [1.82, 2.24) is 0 Å². The second-order valence-corrected chi connectivity index (χ2v) is 4.25. The summed E-state index contributed by atoms with van der Waals surface area (Å²) in [5.41, 5.74) is -0.634. The lowest BCUT2D eigenvalue weighted by Gasteiger charge is -2.29. The minimum Gasteiger partial charge on any atom is -0.463 e. The molecule has 1 saturated heterocycles. The minimum absolute atomic E-state index is 0.00515. The number of methoxy groups -OCH3 is 1. The van der Waals surface area contributed by atoms with Gasteiger partial charge in [-0.15, -0.1) is 0 Å².